The van der Waals surface area contributed by atoms with Crippen LogP contribution in [0.25, 0.3) is 21.9 Å². The second kappa shape index (κ2) is 9.21. The average molecular weight is 405 g/mol. The number of ether oxygens (including phenoxy) is 2. The van der Waals surface area contributed by atoms with E-state index in [1.54, 1.807) is 12.1 Å². The van der Waals surface area contributed by atoms with E-state index in [1.807, 2.05) is 18.2 Å². The molecule has 1 aliphatic carbocycles. The van der Waals surface area contributed by atoms with Crippen LogP contribution in [0.3, 0.4) is 0 Å². The molecule has 0 spiro atoms. The molecule has 4 heteroatoms. The van der Waals surface area contributed by atoms with Gasteiger partial charge in [-0.3, -0.25) is 4.79 Å². The van der Waals surface area contributed by atoms with E-state index < -0.39 is 0 Å². The second-order valence-electron chi connectivity index (χ2n) is 8.08. The van der Waals surface area contributed by atoms with Gasteiger partial charge in [0.2, 0.25) is 0 Å². The summed E-state index contributed by atoms with van der Waals surface area (Å²) in [5, 5.41) is 11.9. The number of carbonyl (C=O) groups is 1. The van der Waals surface area contributed by atoms with Gasteiger partial charge in [0.05, 0.1) is 13.7 Å². The summed E-state index contributed by atoms with van der Waals surface area (Å²) in [6.07, 6.45) is 5.89. The fourth-order valence-corrected chi connectivity index (χ4v) is 4.30. The van der Waals surface area contributed by atoms with Crippen LogP contribution in [0.15, 0.2) is 54.6 Å². The van der Waals surface area contributed by atoms with E-state index in [0.29, 0.717) is 25.4 Å². The molecule has 30 heavy (non-hydrogen) atoms. The Kier molecular flexibility index (Phi) is 6.22. The summed E-state index contributed by atoms with van der Waals surface area (Å²) in [6.45, 7) is 0.705. The molecule has 0 radical (unpaired) electrons. The standard InChI is InChI=1S/C26H28O4/c1-29-25(28)14-12-20-7-4-8-24(26(20)30-17-18-5-2-3-6-18)21-10-9-19-11-13-23(27)16-22(19)15-21/h4,7-11,13,15-16,18,27H,2-3,5-6,12,14,17H2,1H3. The first-order valence-corrected chi connectivity index (χ1v) is 10.7. The summed E-state index contributed by atoms with van der Waals surface area (Å²) >= 11 is 0. The van der Waals surface area contributed by atoms with Crippen LogP contribution in [0.1, 0.15) is 37.7 Å². The van der Waals surface area contributed by atoms with Gasteiger partial charge >= 0.3 is 5.97 Å². The first kappa shape index (κ1) is 20.3. The maximum absolute atomic E-state index is 11.7. The van der Waals surface area contributed by atoms with E-state index in [1.165, 1.54) is 32.8 Å². The Morgan fingerprint density at radius 3 is 2.63 bits per heavy atom. The normalized spacial score (nSPS) is 14.2. The molecule has 0 atom stereocenters. The maximum Gasteiger partial charge on any atom is 0.305 e. The number of aryl methyl sites for hydroxylation is 1. The molecule has 1 saturated carbocycles. The Bertz CT molecular complexity index is 1030. The molecule has 1 fully saturated rings. The van der Waals surface area contributed by atoms with E-state index in [-0.39, 0.29) is 11.7 Å². The number of rotatable bonds is 7. The van der Waals surface area contributed by atoms with Crippen LogP contribution in [0.5, 0.6) is 11.5 Å². The van der Waals surface area contributed by atoms with Gasteiger partial charge in [-0.2, -0.15) is 0 Å². The first-order valence-electron chi connectivity index (χ1n) is 10.7. The summed E-state index contributed by atoms with van der Waals surface area (Å²) in [7, 11) is 1.42. The fraction of sp³-hybridized carbons (Fsp3) is 0.346. The number of phenolic OH excluding ortho intramolecular Hbond substituents is 1. The molecule has 4 rings (SSSR count). The lowest BCUT2D eigenvalue weighted by atomic mass is 9.96. The van der Waals surface area contributed by atoms with E-state index in [9.17, 15) is 9.90 Å². The number of esters is 1. The third-order valence-electron chi connectivity index (χ3n) is 6.00. The molecule has 0 saturated heterocycles. The van der Waals surface area contributed by atoms with Crippen LogP contribution in [0.2, 0.25) is 0 Å². The Morgan fingerprint density at radius 1 is 1.03 bits per heavy atom. The lowest BCUT2D eigenvalue weighted by Gasteiger charge is -2.19. The zero-order valence-electron chi connectivity index (χ0n) is 17.4. The number of benzene rings is 3. The van der Waals surface area contributed by atoms with Crippen LogP contribution < -0.4 is 4.74 Å². The number of hydrogen-bond donors (Lipinski definition) is 1. The molecule has 1 N–H and O–H groups in total. The van der Waals surface area contributed by atoms with Crippen molar-refractivity contribution in [3.8, 4) is 22.6 Å². The van der Waals surface area contributed by atoms with E-state index in [0.717, 1.165) is 33.2 Å². The topological polar surface area (TPSA) is 55.8 Å². The molecule has 0 unspecified atom stereocenters. The van der Waals surface area contributed by atoms with Gasteiger partial charge in [0.25, 0.3) is 0 Å². The lowest BCUT2D eigenvalue weighted by Crippen LogP contribution is -2.11. The molecule has 3 aromatic rings. The predicted octanol–water partition coefficient (Wildman–Crippen LogP) is 5.89. The predicted molar refractivity (Wildman–Crippen MR) is 119 cm³/mol. The molecular formula is C26H28O4. The number of aromatic hydroxyl groups is 1. The molecule has 0 aromatic heterocycles. The molecular weight excluding hydrogens is 376 g/mol. The van der Waals surface area contributed by atoms with Gasteiger partial charge < -0.3 is 14.6 Å². The highest BCUT2D eigenvalue weighted by Crippen LogP contribution is 2.37. The maximum atomic E-state index is 11.7. The van der Waals surface area contributed by atoms with Crippen molar-refractivity contribution >= 4 is 16.7 Å². The van der Waals surface area contributed by atoms with Crippen molar-refractivity contribution in [2.24, 2.45) is 5.92 Å². The monoisotopic (exact) mass is 404 g/mol. The van der Waals surface area contributed by atoms with Gasteiger partial charge in [0.1, 0.15) is 11.5 Å². The van der Waals surface area contributed by atoms with E-state index in [4.69, 9.17) is 9.47 Å². The van der Waals surface area contributed by atoms with E-state index >= 15 is 0 Å². The van der Waals surface area contributed by atoms with Gasteiger partial charge in [-0.25, -0.2) is 0 Å². The summed E-state index contributed by atoms with van der Waals surface area (Å²) in [4.78, 5) is 11.7. The van der Waals surface area contributed by atoms with Crippen molar-refractivity contribution in [3.63, 3.8) is 0 Å². The highest BCUT2D eigenvalue weighted by Gasteiger charge is 2.19. The molecule has 156 valence electrons. The van der Waals surface area contributed by atoms with E-state index in [2.05, 4.69) is 24.3 Å². The van der Waals surface area contributed by atoms with Crippen molar-refractivity contribution in [3.05, 3.63) is 60.2 Å². The highest BCUT2D eigenvalue weighted by molar-refractivity contribution is 5.89. The number of fused-ring (bicyclic) bond motifs is 1. The Morgan fingerprint density at radius 2 is 1.83 bits per heavy atom. The van der Waals surface area contributed by atoms with Gasteiger partial charge in [0.15, 0.2) is 0 Å². The van der Waals surface area contributed by atoms with Crippen molar-refractivity contribution < 1.29 is 19.4 Å². The largest absolute Gasteiger partial charge is 0.508 e. The zero-order chi connectivity index (χ0) is 20.9. The zero-order valence-corrected chi connectivity index (χ0v) is 17.4. The SMILES string of the molecule is COC(=O)CCc1cccc(-c2ccc3ccc(O)cc3c2)c1OCC1CCCC1. The molecule has 1 aliphatic rings. The minimum absolute atomic E-state index is 0.219. The van der Waals surface area contributed by atoms with Gasteiger partial charge in [-0.05, 0) is 65.3 Å². The first-order chi connectivity index (χ1) is 14.6. The molecule has 0 aliphatic heterocycles. The summed E-state index contributed by atoms with van der Waals surface area (Å²) in [6, 6.07) is 17.7. The summed E-state index contributed by atoms with van der Waals surface area (Å²) < 4.78 is 11.2. The number of phenols is 1. The second-order valence-corrected chi connectivity index (χ2v) is 8.08. The number of carbonyl (C=O) groups excluding carboxylic acids is 1. The number of hydrogen-bond acceptors (Lipinski definition) is 4. The van der Waals surface area contributed by atoms with Gasteiger partial charge in [-0.1, -0.05) is 49.2 Å². The summed E-state index contributed by atoms with van der Waals surface area (Å²) in [5.74, 6) is 1.49. The van der Waals surface area contributed by atoms with Gasteiger partial charge in [0, 0.05) is 12.0 Å². The lowest BCUT2D eigenvalue weighted by molar-refractivity contribution is -0.140. The van der Waals surface area contributed by atoms with Gasteiger partial charge in [-0.15, -0.1) is 0 Å². The molecule has 0 heterocycles. The quantitative estimate of drug-likeness (QED) is 0.499. The smallest absolute Gasteiger partial charge is 0.305 e. The minimum Gasteiger partial charge on any atom is -0.508 e. The fourth-order valence-electron chi connectivity index (χ4n) is 4.30. The van der Waals surface area contributed by atoms with Crippen LogP contribution in [-0.4, -0.2) is 24.8 Å². The Hall–Kier alpha value is -3.01. The molecule has 0 bridgehead atoms. The van der Waals surface area contributed by atoms with Crippen LogP contribution in [-0.2, 0) is 16.0 Å². The Balaban J connectivity index is 1.70. The molecule has 0 amide bonds. The number of methoxy groups -OCH3 is 1. The van der Waals surface area contributed by atoms with Crippen LogP contribution >= 0.6 is 0 Å². The van der Waals surface area contributed by atoms with Crippen LogP contribution in [0, 0.1) is 5.92 Å². The summed E-state index contributed by atoms with van der Waals surface area (Å²) in [5.41, 5.74) is 3.07. The van der Waals surface area contributed by atoms with Crippen LogP contribution in [0.4, 0.5) is 0 Å². The molecule has 4 nitrogen and oxygen atoms in total. The highest BCUT2D eigenvalue weighted by atomic mass is 16.5. The third kappa shape index (κ3) is 4.59. The Labute approximate surface area is 177 Å². The minimum atomic E-state index is -0.219. The van der Waals surface area contributed by atoms with Crippen molar-refractivity contribution in [1.29, 1.82) is 0 Å². The third-order valence-corrected chi connectivity index (χ3v) is 6.00. The number of para-hydroxylation sites is 1. The van der Waals surface area contributed by atoms with Crippen molar-refractivity contribution in [1.82, 2.24) is 0 Å². The average Bonchev–Trinajstić information content (AvgIpc) is 3.29. The molecule has 3 aromatic carbocycles. The van der Waals surface area contributed by atoms with Crippen molar-refractivity contribution in [2.45, 2.75) is 38.5 Å². The van der Waals surface area contributed by atoms with Crippen molar-refractivity contribution in [2.75, 3.05) is 13.7 Å².